The Kier molecular flexibility index (Phi) is 5.75. The first-order valence-corrected chi connectivity index (χ1v) is 13.2. The molecule has 1 amide bonds. The van der Waals surface area contributed by atoms with Crippen molar-refractivity contribution in [2.45, 2.75) is 53.5 Å². The van der Waals surface area contributed by atoms with Crippen LogP contribution in [-0.4, -0.2) is 14.9 Å². The van der Waals surface area contributed by atoms with Gasteiger partial charge in [0, 0.05) is 29.6 Å². The second kappa shape index (κ2) is 9.11. The second-order valence-corrected chi connectivity index (χ2v) is 10.5. The largest absolute Gasteiger partial charge is 0.325 e. The monoisotopic (exact) mass is 487 g/mol. The molecule has 0 atom stereocenters. The van der Waals surface area contributed by atoms with Gasteiger partial charge in [0.1, 0.15) is 11.3 Å². The van der Waals surface area contributed by atoms with E-state index in [-0.39, 0.29) is 5.91 Å². The molecule has 0 aliphatic carbocycles. The molecule has 0 saturated carbocycles. The Morgan fingerprint density at radius 1 is 0.811 bits per heavy atom. The van der Waals surface area contributed by atoms with Crippen LogP contribution in [0.1, 0.15) is 51.1 Å². The van der Waals surface area contributed by atoms with Crippen molar-refractivity contribution in [2.75, 3.05) is 5.32 Å². The number of aryl methyl sites for hydroxylation is 6. The molecule has 1 aliphatic rings. The predicted molar refractivity (Wildman–Crippen MR) is 153 cm³/mol. The van der Waals surface area contributed by atoms with Crippen LogP contribution in [0.3, 0.4) is 0 Å². The Hall–Kier alpha value is -4.05. The van der Waals surface area contributed by atoms with Crippen LogP contribution < -0.4 is 5.32 Å². The van der Waals surface area contributed by atoms with Gasteiger partial charge < -0.3 is 9.88 Å². The summed E-state index contributed by atoms with van der Waals surface area (Å²) in [5.41, 5.74) is 13.4. The van der Waals surface area contributed by atoms with Gasteiger partial charge in [0.15, 0.2) is 0 Å². The Labute approximate surface area is 218 Å². The maximum atomic E-state index is 14.1. The molecule has 1 aliphatic heterocycles. The zero-order chi connectivity index (χ0) is 25.7. The summed E-state index contributed by atoms with van der Waals surface area (Å²) in [4.78, 5) is 14.1. The average molecular weight is 488 g/mol. The minimum atomic E-state index is -0.0771. The van der Waals surface area contributed by atoms with E-state index in [4.69, 9.17) is 0 Å². The van der Waals surface area contributed by atoms with Gasteiger partial charge in [-0.1, -0.05) is 54.1 Å². The lowest BCUT2D eigenvalue weighted by Gasteiger charge is -2.11. The lowest BCUT2D eigenvalue weighted by molar-refractivity contribution is 0.102. The maximum Gasteiger partial charge on any atom is 0.273 e. The summed E-state index contributed by atoms with van der Waals surface area (Å²) in [7, 11) is 0. The molecule has 37 heavy (non-hydrogen) atoms. The van der Waals surface area contributed by atoms with Crippen LogP contribution in [0.25, 0.3) is 28.0 Å². The van der Waals surface area contributed by atoms with Crippen molar-refractivity contribution in [1.82, 2.24) is 8.97 Å². The standard InChI is InChI=1S/C33H33N3O/c1-21-11-14-25(15-12-21)30-28-10-5-6-17-35-29(26-16-13-23(3)24(4)19-26)20-36(33(28)35)31(30)32(37)34-27-9-7-8-22(2)18-27/h7-9,11-16,18-20H,5-6,10,17H2,1-4H3,(H,34,37). The van der Waals surface area contributed by atoms with Gasteiger partial charge in [-0.3, -0.25) is 9.20 Å². The van der Waals surface area contributed by atoms with Gasteiger partial charge in [0.2, 0.25) is 0 Å². The van der Waals surface area contributed by atoms with Gasteiger partial charge in [0.05, 0.1) is 5.69 Å². The van der Waals surface area contributed by atoms with Crippen LogP contribution in [0.2, 0.25) is 0 Å². The average Bonchev–Trinajstić information content (AvgIpc) is 3.29. The van der Waals surface area contributed by atoms with E-state index in [2.05, 4.69) is 83.7 Å². The number of rotatable bonds is 4. The molecule has 5 aromatic rings. The fourth-order valence-corrected chi connectivity index (χ4v) is 5.68. The van der Waals surface area contributed by atoms with Gasteiger partial charge in [-0.05, 0) is 93.0 Å². The molecular weight excluding hydrogens is 454 g/mol. The van der Waals surface area contributed by atoms with E-state index >= 15 is 0 Å². The van der Waals surface area contributed by atoms with E-state index in [9.17, 15) is 4.79 Å². The number of nitrogens with one attached hydrogen (secondary N) is 1. The number of carbonyl (C=O) groups is 1. The van der Waals surface area contributed by atoms with E-state index < -0.39 is 0 Å². The van der Waals surface area contributed by atoms with E-state index in [1.807, 2.05) is 31.2 Å². The Morgan fingerprint density at radius 3 is 2.35 bits per heavy atom. The molecule has 0 radical (unpaired) electrons. The molecule has 3 heterocycles. The highest BCUT2D eigenvalue weighted by atomic mass is 16.1. The van der Waals surface area contributed by atoms with Crippen molar-refractivity contribution in [2.24, 2.45) is 0 Å². The summed E-state index contributed by atoms with van der Waals surface area (Å²) in [5, 5.41) is 3.20. The molecule has 6 rings (SSSR count). The van der Waals surface area contributed by atoms with Gasteiger partial charge in [-0.15, -0.1) is 0 Å². The van der Waals surface area contributed by atoms with Gasteiger partial charge in [-0.2, -0.15) is 0 Å². The van der Waals surface area contributed by atoms with Crippen LogP contribution in [0.5, 0.6) is 0 Å². The van der Waals surface area contributed by atoms with Crippen molar-refractivity contribution in [3.05, 3.63) is 106 Å². The third-order valence-corrected chi connectivity index (χ3v) is 7.77. The minimum absolute atomic E-state index is 0.0771. The minimum Gasteiger partial charge on any atom is -0.325 e. The van der Waals surface area contributed by atoms with Crippen molar-refractivity contribution >= 4 is 17.2 Å². The molecule has 0 spiro atoms. The predicted octanol–water partition coefficient (Wildman–Crippen LogP) is 7.90. The molecular formula is C33H33N3O. The number of benzene rings is 3. The first kappa shape index (κ1) is 23.4. The normalized spacial score (nSPS) is 13.1. The fraction of sp³-hybridized carbons (Fsp3) is 0.242. The summed E-state index contributed by atoms with van der Waals surface area (Å²) >= 11 is 0. The number of aromatic nitrogens is 2. The molecule has 0 saturated heterocycles. The summed E-state index contributed by atoms with van der Waals surface area (Å²) in [6.45, 7) is 9.41. The highest BCUT2D eigenvalue weighted by Gasteiger charge is 2.29. The molecule has 1 N–H and O–H groups in total. The lowest BCUT2D eigenvalue weighted by Crippen LogP contribution is -2.15. The molecule has 4 nitrogen and oxygen atoms in total. The number of nitrogens with zero attached hydrogens (tertiary/aromatic N) is 2. The molecule has 2 aromatic heterocycles. The molecule has 0 bridgehead atoms. The lowest BCUT2D eigenvalue weighted by atomic mass is 9.97. The number of anilines is 1. The van der Waals surface area contributed by atoms with Crippen molar-refractivity contribution in [3.8, 4) is 22.4 Å². The zero-order valence-corrected chi connectivity index (χ0v) is 22.1. The smallest absolute Gasteiger partial charge is 0.273 e. The Bertz CT molecular complexity index is 1650. The van der Waals surface area contributed by atoms with E-state index in [1.54, 1.807) is 0 Å². The summed E-state index contributed by atoms with van der Waals surface area (Å²) in [6.07, 6.45) is 5.36. The van der Waals surface area contributed by atoms with E-state index in [1.165, 1.54) is 33.5 Å². The summed E-state index contributed by atoms with van der Waals surface area (Å²) < 4.78 is 4.60. The fourth-order valence-electron chi connectivity index (χ4n) is 5.68. The van der Waals surface area contributed by atoms with Crippen LogP contribution in [-0.2, 0) is 13.0 Å². The number of amides is 1. The van der Waals surface area contributed by atoms with E-state index in [0.29, 0.717) is 5.69 Å². The van der Waals surface area contributed by atoms with Gasteiger partial charge in [-0.25, -0.2) is 0 Å². The zero-order valence-electron chi connectivity index (χ0n) is 22.1. The highest BCUT2D eigenvalue weighted by Crippen LogP contribution is 2.40. The topological polar surface area (TPSA) is 38.4 Å². The molecule has 186 valence electrons. The summed E-state index contributed by atoms with van der Waals surface area (Å²) in [6, 6.07) is 23.3. The number of hydrogen-bond acceptors (Lipinski definition) is 1. The number of imidazole rings is 1. The SMILES string of the molecule is Cc1ccc(-c2c3c4n(c(-c5ccc(C)c(C)c5)cn4c2C(=O)Nc2cccc(C)c2)CCCC3)cc1. The van der Waals surface area contributed by atoms with Crippen LogP contribution in [0.15, 0.2) is 72.9 Å². The van der Waals surface area contributed by atoms with Crippen molar-refractivity contribution in [3.63, 3.8) is 0 Å². The number of hydrogen-bond donors (Lipinski definition) is 1. The van der Waals surface area contributed by atoms with Gasteiger partial charge >= 0.3 is 0 Å². The first-order chi connectivity index (χ1) is 17.9. The Balaban J connectivity index is 1.61. The van der Waals surface area contributed by atoms with Crippen LogP contribution in [0.4, 0.5) is 5.69 Å². The molecule has 0 unspecified atom stereocenters. The third kappa shape index (κ3) is 4.07. The molecule has 3 aromatic carbocycles. The molecule has 4 heteroatoms. The maximum absolute atomic E-state index is 14.1. The molecule has 0 fully saturated rings. The van der Waals surface area contributed by atoms with Crippen LogP contribution in [0, 0.1) is 27.7 Å². The second-order valence-electron chi connectivity index (χ2n) is 10.5. The van der Waals surface area contributed by atoms with Crippen molar-refractivity contribution < 1.29 is 4.79 Å². The third-order valence-electron chi connectivity index (χ3n) is 7.77. The van der Waals surface area contributed by atoms with Crippen molar-refractivity contribution in [1.29, 1.82) is 0 Å². The van der Waals surface area contributed by atoms with Gasteiger partial charge in [0.25, 0.3) is 5.91 Å². The first-order valence-electron chi connectivity index (χ1n) is 13.2. The highest BCUT2D eigenvalue weighted by molar-refractivity contribution is 6.10. The Morgan fingerprint density at radius 2 is 1.59 bits per heavy atom. The summed E-state index contributed by atoms with van der Waals surface area (Å²) in [5.74, 6) is -0.0771. The quantitative estimate of drug-likeness (QED) is 0.275. The van der Waals surface area contributed by atoms with E-state index in [0.717, 1.165) is 53.8 Å². The number of carbonyl (C=O) groups excluding carboxylic acids is 1. The van der Waals surface area contributed by atoms with Crippen LogP contribution >= 0.6 is 0 Å².